The molecule has 0 aliphatic carbocycles. The average molecular weight is 444 g/mol. The fourth-order valence-corrected chi connectivity index (χ4v) is 4.98. The molecular formula is C21H21FN4O4S. The number of amides is 1. The number of nitrogens with zero attached hydrogens (tertiary/aromatic N) is 3. The largest absolute Gasteiger partial charge is 0.403 e. The summed E-state index contributed by atoms with van der Waals surface area (Å²) in [4.78, 5) is 12.9. The van der Waals surface area contributed by atoms with Crippen LogP contribution in [0.2, 0.25) is 0 Å². The minimum atomic E-state index is -3.69. The van der Waals surface area contributed by atoms with Crippen molar-refractivity contribution in [3.8, 4) is 11.5 Å². The topological polar surface area (TPSA) is 105 Å². The highest BCUT2D eigenvalue weighted by Gasteiger charge is 2.33. The van der Waals surface area contributed by atoms with Crippen LogP contribution in [0, 0.1) is 18.7 Å². The Morgan fingerprint density at radius 3 is 2.71 bits per heavy atom. The molecule has 2 heterocycles. The van der Waals surface area contributed by atoms with Gasteiger partial charge in [-0.15, -0.1) is 5.10 Å². The third-order valence-electron chi connectivity index (χ3n) is 5.14. The summed E-state index contributed by atoms with van der Waals surface area (Å²) in [6, 6.07) is 12.2. The van der Waals surface area contributed by atoms with E-state index in [1.165, 1.54) is 22.5 Å². The highest BCUT2D eigenvalue weighted by atomic mass is 32.2. The van der Waals surface area contributed by atoms with Crippen molar-refractivity contribution >= 4 is 21.9 Å². The molecule has 0 spiro atoms. The molecule has 1 aromatic heterocycles. The van der Waals surface area contributed by atoms with E-state index >= 15 is 0 Å². The van der Waals surface area contributed by atoms with Crippen molar-refractivity contribution < 1.29 is 22.0 Å². The van der Waals surface area contributed by atoms with Gasteiger partial charge in [-0.25, -0.2) is 12.8 Å². The van der Waals surface area contributed by atoms with Crippen LogP contribution in [0.3, 0.4) is 0 Å². The van der Waals surface area contributed by atoms with E-state index in [0.29, 0.717) is 24.9 Å². The lowest BCUT2D eigenvalue weighted by Crippen LogP contribution is -2.43. The number of hydrogen-bond acceptors (Lipinski definition) is 6. The molecule has 1 saturated heterocycles. The number of sulfonamides is 1. The summed E-state index contributed by atoms with van der Waals surface area (Å²) in [6.07, 6.45) is 1.10. The van der Waals surface area contributed by atoms with Gasteiger partial charge in [0.1, 0.15) is 5.82 Å². The first-order chi connectivity index (χ1) is 14.8. The van der Waals surface area contributed by atoms with Gasteiger partial charge in [0, 0.05) is 18.7 Å². The van der Waals surface area contributed by atoms with Crippen LogP contribution < -0.4 is 5.32 Å². The van der Waals surface area contributed by atoms with Gasteiger partial charge in [-0.05, 0) is 50.1 Å². The average Bonchev–Trinajstić information content (AvgIpc) is 3.23. The summed E-state index contributed by atoms with van der Waals surface area (Å²) in [5, 5.41) is 10.1. The highest BCUT2D eigenvalue weighted by molar-refractivity contribution is 7.89. The molecule has 31 heavy (non-hydrogen) atoms. The Kier molecular flexibility index (Phi) is 5.84. The molecular weight excluding hydrogens is 423 g/mol. The number of piperidine rings is 1. The monoisotopic (exact) mass is 444 g/mol. The van der Waals surface area contributed by atoms with Crippen LogP contribution >= 0.6 is 0 Å². The van der Waals surface area contributed by atoms with Crippen LogP contribution in [-0.4, -0.2) is 41.9 Å². The molecule has 10 heteroatoms. The summed E-state index contributed by atoms with van der Waals surface area (Å²) >= 11 is 0. The van der Waals surface area contributed by atoms with Gasteiger partial charge in [-0.3, -0.25) is 10.1 Å². The summed E-state index contributed by atoms with van der Waals surface area (Å²) in [7, 11) is -3.69. The van der Waals surface area contributed by atoms with Crippen molar-refractivity contribution in [2.75, 3.05) is 18.4 Å². The number of aromatic nitrogens is 2. The maximum absolute atomic E-state index is 13.4. The Morgan fingerprint density at radius 2 is 1.97 bits per heavy atom. The van der Waals surface area contributed by atoms with Crippen molar-refractivity contribution in [3.63, 3.8) is 0 Å². The number of benzene rings is 2. The molecule has 162 valence electrons. The second-order valence-electron chi connectivity index (χ2n) is 7.43. The zero-order valence-electron chi connectivity index (χ0n) is 16.8. The normalized spacial score (nSPS) is 17.4. The minimum absolute atomic E-state index is 0.0624. The third-order valence-corrected chi connectivity index (χ3v) is 7.02. The molecule has 1 fully saturated rings. The number of aryl methyl sites for hydroxylation is 1. The van der Waals surface area contributed by atoms with E-state index in [1.54, 1.807) is 30.3 Å². The summed E-state index contributed by atoms with van der Waals surface area (Å²) in [5.41, 5.74) is 1.35. The molecule has 4 rings (SSSR count). The Labute approximate surface area is 179 Å². The molecule has 0 bridgehead atoms. The molecule has 1 atom stereocenters. The molecule has 3 aromatic rings. The first-order valence-electron chi connectivity index (χ1n) is 9.80. The predicted octanol–water partition coefficient (Wildman–Crippen LogP) is 3.22. The maximum atomic E-state index is 13.4. The lowest BCUT2D eigenvalue weighted by molar-refractivity contribution is -0.121. The SMILES string of the molecule is Cc1ccc(S(=O)(=O)N2CCCC(C(=O)Nc3nnc(-c4cccc(F)c4)o3)C2)cc1. The van der Waals surface area contributed by atoms with Crippen LogP contribution in [0.4, 0.5) is 10.4 Å². The smallest absolute Gasteiger partial charge is 0.322 e. The molecule has 8 nitrogen and oxygen atoms in total. The van der Waals surface area contributed by atoms with Crippen LogP contribution in [0.1, 0.15) is 18.4 Å². The first-order valence-corrected chi connectivity index (χ1v) is 11.2. The molecule has 0 saturated carbocycles. The van der Waals surface area contributed by atoms with Crippen LogP contribution in [0.15, 0.2) is 57.8 Å². The second kappa shape index (κ2) is 8.56. The van der Waals surface area contributed by atoms with Crippen molar-refractivity contribution in [2.45, 2.75) is 24.7 Å². The van der Waals surface area contributed by atoms with E-state index in [4.69, 9.17) is 4.42 Å². The number of carbonyl (C=O) groups is 1. The van der Waals surface area contributed by atoms with Gasteiger partial charge in [0.15, 0.2) is 0 Å². The fraction of sp³-hybridized carbons (Fsp3) is 0.286. The number of anilines is 1. The van der Waals surface area contributed by atoms with Crippen molar-refractivity contribution in [1.29, 1.82) is 0 Å². The Balaban J connectivity index is 1.44. The van der Waals surface area contributed by atoms with Crippen molar-refractivity contribution in [1.82, 2.24) is 14.5 Å². The summed E-state index contributed by atoms with van der Waals surface area (Å²) < 4.78 is 46.0. The molecule has 1 amide bonds. The zero-order valence-corrected chi connectivity index (χ0v) is 17.6. The Hall–Kier alpha value is -3.11. The lowest BCUT2D eigenvalue weighted by Gasteiger charge is -2.30. The number of hydrogen-bond donors (Lipinski definition) is 1. The summed E-state index contributed by atoms with van der Waals surface area (Å²) in [5.74, 6) is -1.34. The van der Waals surface area contributed by atoms with Crippen LogP contribution in [0.5, 0.6) is 0 Å². The third kappa shape index (κ3) is 4.64. The van der Waals surface area contributed by atoms with Crippen LogP contribution in [-0.2, 0) is 14.8 Å². The minimum Gasteiger partial charge on any atom is -0.403 e. The predicted molar refractivity (Wildman–Crippen MR) is 111 cm³/mol. The Morgan fingerprint density at radius 1 is 1.19 bits per heavy atom. The second-order valence-corrected chi connectivity index (χ2v) is 9.37. The van der Waals surface area contributed by atoms with E-state index in [2.05, 4.69) is 15.5 Å². The number of halogens is 1. The van der Waals surface area contributed by atoms with Gasteiger partial charge in [-0.1, -0.05) is 28.9 Å². The van der Waals surface area contributed by atoms with E-state index in [9.17, 15) is 17.6 Å². The van der Waals surface area contributed by atoms with Gasteiger partial charge in [0.25, 0.3) is 0 Å². The molecule has 0 radical (unpaired) electrons. The number of rotatable bonds is 5. The molecule has 1 aliphatic heterocycles. The van der Waals surface area contributed by atoms with Crippen LogP contribution in [0.25, 0.3) is 11.5 Å². The maximum Gasteiger partial charge on any atom is 0.322 e. The quantitative estimate of drug-likeness (QED) is 0.648. The van der Waals surface area contributed by atoms with Gasteiger partial charge >= 0.3 is 6.01 Å². The molecule has 1 unspecified atom stereocenters. The number of carbonyl (C=O) groups excluding carboxylic acids is 1. The van der Waals surface area contributed by atoms with Gasteiger partial charge in [-0.2, -0.15) is 4.31 Å². The Bertz CT molecular complexity index is 1190. The highest BCUT2D eigenvalue weighted by Crippen LogP contribution is 2.26. The zero-order chi connectivity index (χ0) is 22.0. The first kappa shape index (κ1) is 21.1. The van der Waals surface area contributed by atoms with Gasteiger partial charge in [0.2, 0.25) is 21.8 Å². The van der Waals surface area contributed by atoms with Crippen molar-refractivity contribution in [2.24, 2.45) is 5.92 Å². The van der Waals surface area contributed by atoms with Gasteiger partial charge in [0.05, 0.1) is 10.8 Å². The van der Waals surface area contributed by atoms with Crippen molar-refractivity contribution in [3.05, 3.63) is 59.9 Å². The van der Waals surface area contributed by atoms with Gasteiger partial charge < -0.3 is 4.42 Å². The van der Waals surface area contributed by atoms with E-state index in [-0.39, 0.29) is 23.3 Å². The van der Waals surface area contributed by atoms with E-state index in [0.717, 1.165) is 5.56 Å². The van der Waals surface area contributed by atoms with E-state index < -0.39 is 27.7 Å². The lowest BCUT2D eigenvalue weighted by atomic mass is 9.99. The van der Waals surface area contributed by atoms with E-state index in [1.807, 2.05) is 6.92 Å². The fourth-order valence-electron chi connectivity index (χ4n) is 3.45. The standard InChI is InChI=1S/C21H21FN4O4S/c1-14-7-9-18(10-8-14)31(28,29)26-11-3-5-16(13-26)19(27)23-21-25-24-20(30-21)15-4-2-6-17(22)12-15/h2,4,6-10,12,16H,3,5,11,13H2,1H3,(H,23,25,27). The number of nitrogens with one attached hydrogen (secondary N) is 1. The molecule has 1 N–H and O–H groups in total. The molecule has 2 aromatic carbocycles. The summed E-state index contributed by atoms with van der Waals surface area (Å²) in [6.45, 7) is 2.30. The molecule has 1 aliphatic rings.